The molecular formula is C28H27N5O5. The quantitative estimate of drug-likeness (QED) is 0.149. The summed E-state index contributed by atoms with van der Waals surface area (Å²) >= 11 is 0. The van der Waals surface area contributed by atoms with E-state index in [1.165, 1.54) is 12.1 Å². The number of carbonyl (C=O) groups excluding carboxylic acids is 1. The van der Waals surface area contributed by atoms with Crippen LogP contribution >= 0.6 is 0 Å². The highest BCUT2D eigenvalue weighted by atomic mass is 16.6. The number of anilines is 1. The average Bonchev–Trinajstić information content (AvgIpc) is 3.28. The number of nitrogens with one attached hydrogen (secondary N) is 1. The van der Waals surface area contributed by atoms with Crippen LogP contribution in [0, 0.1) is 10.1 Å². The molecule has 0 unspecified atom stereocenters. The third kappa shape index (κ3) is 5.41. The lowest BCUT2D eigenvalue weighted by molar-refractivity contribution is -0.384. The van der Waals surface area contributed by atoms with Crippen molar-refractivity contribution >= 4 is 40.1 Å². The number of aromatic nitrogens is 1. The van der Waals surface area contributed by atoms with Gasteiger partial charge in [0.25, 0.3) is 5.69 Å². The molecule has 1 aliphatic rings. The van der Waals surface area contributed by atoms with Gasteiger partial charge in [-0.3, -0.25) is 19.8 Å². The lowest BCUT2D eigenvalue weighted by atomic mass is 10.0. The predicted molar refractivity (Wildman–Crippen MR) is 145 cm³/mol. The van der Waals surface area contributed by atoms with Crippen LogP contribution in [0.4, 0.5) is 17.1 Å². The number of nitrogens with zero attached hydrogens (tertiary/aromatic N) is 4. The Bertz CT molecular complexity index is 1460. The van der Waals surface area contributed by atoms with Crippen molar-refractivity contribution in [3.8, 4) is 5.88 Å². The number of aliphatic imine (C=N–C) groups is 1. The van der Waals surface area contributed by atoms with Gasteiger partial charge in [-0.05, 0) is 30.3 Å². The number of hydrogen-bond acceptors (Lipinski definition) is 7. The third-order valence-electron chi connectivity index (χ3n) is 6.57. The molecule has 1 saturated heterocycles. The van der Waals surface area contributed by atoms with Gasteiger partial charge in [-0.25, -0.2) is 4.99 Å². The Morgan fingerprint density at radius 2 is 1.84 bits per heavy atom. The number of H-pyrrole nitrogens is 1. The molecule has 1 aliphatic heterocycles. The Balaban J connectivity index is 1.48. The maximum absolute atomic E-state index is 11.8. The second-order valence-corrected chi connectivity index (χ2v) is 8.93. The maximum atomic E-state index is 11.8. The van der Waals surface area contributed by atoms with Crippen LogP contribution in [0.15, 0.2) is 77.8 Å². The van der Waals surface area contributed by atoms with E-state index in [9.17, 15) is 20.0 Å². The minimum absolute atomic E-state index is 0.0828. The summed E-state index contributed by atoms with van der Waals surface area (Å²) in [6, 6.07) is 21.0. The second-order valence-electron chi connectivity index (χ2n) is 8.93. The number of ether oxygens (including phenoxy) is 1. The lowest BCUT2D eigenvalue weighted by Crippen LogP contribution is -2.41. The summed E-state index contributed by atoms with van der Waals surface area (Å²) in [6.45, 7) is 4.43. The van der Waals surface area contributed by atoms with Gasteiger partial charge in [-0.2, -0.15) is 0 Å². The molecule has 10 heteroatoms. The van der Waals surface area contributed by atoms with Gasteiger partial charge in [0.15, 0.2) is 5.88 Å². The number of rotatable bonds is 9. The predicted octanol–water partition coefficient (Wildman–Crippen LogP) is 4.25. The first-order valence-electron chi connectivity index (χ1n) is 12.3. The molecule has 0 radical (unpaired) electrons. The molecule has 1 fully saturated rings. The molecular weight excluding hydrogens is 486 g/mol. The molecule has 10 nitrogen and oxygen atoms in total. The number of aromatic amines is 1. The molecule has 0 spiro atoms. The topological polar surface area (TPSA) is 124 Å². The number of benzene rings is 3. The molecule has 5 rings (SSSR count). The number of amides is 1. The fourth-order valence-corrected chi connectivity index (χ4v) is 4.54. The van der Waals surface area contributed by atoms with E-state index in [1.54, 1.807) is 23.1 Å². The van der Waals surface area contributed by atoms with Gasteiger partial charge in [-0.1, -0.05) is 30.3 Å². The maximum Gasteiger partial charge on any atom is 0.270 e. The summed E-state index contributed by atoms with van der Waals surface area (Å²) in [4.78, 5) is 34.4. The first-order valence-corrected chi connectivity index (χ1v) is 12.3. The van der Waals surface area contributed by atoms with E-state index in [0.29, 0.717) is 47.6 Å². The van der Waals surface area contributed by atoms with Crippen LogP contribution in [0.25, 0.3) is 10.9 Å². The highest BCUT2D eigenvalue weighted by Crippen LogP contribution is 2.33. The van der Waals surface area contributed by atoms with Crippen LogP contribution in [0.3, 0.4) is 0 Å². The fourth-order valence-electron chi connectivity index (χ4n) is 4.54. The van der Waals surface area contributed by atoms with E-state index >= 15 is 0 Å². The molecule has 2 N–H and O–H groups in total. The molecule has 194 valence electrons. The number of carbonyl (C=O) groups is 1. The highest BCUT2D eigenvalue weighted by molar-refractivity contribution is 6.22. The molecule has 0 saturated carbocycles. The molecule has 0 aliphatic carbocycles. The summed E-state index contributed by atoms with van der Waals surface area (Å²) in [6.07, 6.45) is 0.824. The van der Waals surface area contributed by atoms with Crippen LogP contribution in [-0.4, -0.2) is 71.4 Å². The molecule has 3 aromatic carbocycles. The van der Waals surface area contributed by atoms with Gasteiger partial charge in [0.2, 0.25) is 6.41 Å². The summed E-state index contributed by atoms with van der Waals surface area (Å²) in [5.41, 5.74) is 3.40. The highest BCUT2D eigenvalue weighted by Gasteiger charge is 2.21. The number of non-ortho nitro benzene ring substituents is 1. The standard InChI is InChI=1S/C28H27N5O5/c34-19-32(13-12-31-14-16-38-17-15-31)22-8-6-21(7-9-22)29-27(20-4-2-1-3-5-20)26-24-18-23(33(36)37)10-11-25(24)30-28(26)35/h1-11,18-19,30,35H,12-17H2. The number of fused-ring (bicyclic) bond motifs is 1. The number of hydrogen-bond donors (Lipinski definition) is 2. The van der Waals surface area contributed by atoms with Gasteiger partial charge in [0, 0.05) is 60.5 Å². The minimum Gasteiger partial charge on any atom is -0.494 e. The van der Waals surface area contributed by atoms with Crippen molar-refractivity contribution in [3.63, 3.8) is 0 Å². The zero-order valence-corrected chi connectivity index (χ0v) is 20.6. The van der Waals surface area contributed by atoms with E-state index in [-0.39, 0.29) is 11.6 Å². The molecule has 1 amide bonds. The fraction of sp³-hybridized carbons (Fsp3) is 0.214. The summed E-state index contributed by atoms with van der Waals surface area (Å²) in [7, 11) is 0. The first-order chi connectivity index (χ1) is 18.5. The van der Waals surface area contributed by atoms with Crippen LogP contribution in [0.1, 0.15) is 11.1 Å². The van der Waals surface area contributed by atoms with Crippen molar-refractivity contribution in [3.05, 3.63) is 94.0 Å². The van der Waals surface area contributed by atoms with Gasteiger partial charge in [-0.15, -0.1) is 0 Å². The molecule has 38 heavy (non-hydrogen) atoms. The summed E-state index contributed by atoms with van der Waals surface area (Å²) in [5.74, 6) is -0.130. The molecule has 4 aromatic rings. The molecule has 1 aromatic heterocycles. The van der Waals surface area contributed by atoms with Crippen LogP contribution in [0.5, 0.6) is 5.88 Å². The number of nitro benzene ring substituents is 1. The Morgan fingerprint density at radius 3 is 2.53 bits per heavy atom. The van der Waals surface area contributed by atoms with E-state index in [0.717, 1.165) is 37.3 Å². The summed E-state index contributed by atoms with van der Waals surface area (Å²) in [5, 5.41) is 22.7. The van der Waals surface area contributed by atoms with Gasteiger partial charge < -0.3 is 19.7 Å². The monoisotopic (exact) mass is 513 g/mol. The van der Waals surface area contributed by atoms with Crippen LogP contribution < -0.4 is 4.90 Å². The average molecular weight is 514 g/mol. The molecule has 2 heterocycles. The first kappa shape index (κ1) is 25.1. The van der Waals surface area contributed by atoms with Crippen molar-refractivity contribution in [2.24, 2.45) is 4.99 Å². The van der Waals surface area contributed by atoms with E-state index in [4.69, 9.17) is 9.73 Å². The van der Waals surface area contributed by atoms with Crippen molar-refractivity contribution in [2.75, 3.05) is 44.3 Å². The smallest absolute Gasteiger partial charge is 0.270 e. The third-order valence-corrected chi connectivity index (χ3v) is 6.57. The number of nitro groups is 1. The number of morpholine rings is 1. The number of aromatic hydroxyl groups is 1. The second kappa shape index (κ2) is 11.2. The van der Waals surface area contributed by atoms with Gasteiger partial charge in [0.05, 0.1) is 35.1 Å². The Hall–Kier alpha value is -4.54. The lowest BCUT2D eigenvalue weighted by Gasteiger charge is -2.28. The Morgan fingerprint density at radius 1 is 1.11 bits per heavy atom. The van der Waals surface area contributed by atoms with Crippen molar-refractivity contribution in [1.82, 2.24) is 9.88 Å². The molecule has 0 atom stereocenters. The SMILES string of the molecule is O=CN(CCN1CCOCC1)c1ccc(N=C(c2ccccc2)c2c(O)[nH]c3ccc([N+](=O)[O-])cc23)cc1. The van der Waals surface area contributed by atoms with Crippen LogP contribution in [-0.2, 0) is 9.53 Å². The normalized spacial score (nSPS) is 14.5. The zero-order chi connectivity index (χ0) is 26.5. The van der Waals surface area contributed by atoms with E-state index < -0.39 is 4.92 Å². The van der Waals surface area contributed by atoms with Crippen molar-refractivity contribution in [1.29, 1.82) is 0 Å². The molecule has 0 bridgehead atoms. The van der Waals surface area contributed by atoms with Gasteiger partial charge >= 0.3 is 0 Å². The summed E-state index contributed by atoms with van der Waals surface area (Å²) < 4.78 is 5.38. The van der Waals surface area contributed by atoms with Gasteiger partial charge in [0.1, 0.15) is 0 Å². The van der Waals surface area contributed by atoms with E-state index in [2.05, 4.69) is 9.88 Å². The van der Waals surface area contributed by atoms with Crippen LogP contribution in [0.2, 0.25) is 0 Å². The Kier molecular flexibility index (Phi) is 7.43. The van der Waals surface area contributed by atoms with E-state index in [1.807, 2.05) is 42.5 Å². The largest absolute Gasteiger partial charge is 0.494 e. The Labute approximate surface area is 218 Å². The van der Waals surface area contributed by atoms with Crippen molar-refractivity contribution < 1.29 is 19.6 Å². The van der Waals surface area contributed by atoms with Crippen molar-refractivity contribution in [2.45, 2.75) is 0 Å². The zero-order valence-electron chi connectivity index (χ0n) is 20.6. The minimum atomic E-state index is -0.469.